The molecule has 0 fully saturated rings. The molecule has 1 aliphatic rings. The zero-order valence-corrected chi connectivity index (χ0v) is 13.1. The standard InChI is InChI=1S/C19H27/c1-6-7-8-15-9-17-11-16(13(2)3)12-18(14(4)5)19(17)10-15/h9-14H,6-8H2,1-5H3. The number of rotatable bonds is 5. The molecular formula is C19H27. The highest BCUT2D eigenvalue weighted by Crippen LogP contribution is 2.37. The largest absolute Gasteiger partial charge is 0.0654 e. The Hall–Kier alpha value is -1.04. The molecule has 0 aliphatic heterocycles. The van der Waals surface area contributed by atoms with E-state index in [1.165, 1.54) is 47.1 Å². The van der Waals surface area contributed by atoms with Gasteiger partial charge in [0, 0.05) is 6.42 Å². The molecule has 0 heterocycles. The molecule has 19 heavy (non-hydrogen) atoms. The fourth-order valence-corrected chi connectivity index (χ4v) is 2.77. The van der Waals surface area contributed by atoms with E-state index in [0.29, 0.717) is 11.8 Å². The summed E-state index contributed by atoms with van der Waals surface area (Å²) in [6, 6.07) is 4.81. The van der Waals surface area contributed by atoms with Crippen LogP contribution >= 0.6 is 0 Å². The zero-order chi connectivity index (χ0) is 14.0. The van der Waals surface area contributed by atoms with Gasteiger partial charge in [-0.25, -0.2) is 0 Å². The highest BCUT2D eigenvalue weighted by atomic mass is 14.2. The van der Waals surface area contributed by atoms with Crippen molar-refractivity contribution >= 4 is 6.08 Å². The molecule has 0 bridgehead atoms. The van der Waals surface area contributed by atoms with E-state index in [0.717, 1.165) is 0 Å². The Morgan fingerprint density at radius 1 is 1.00 bits per heavy atom. The van der Waals surface area contributed by atoms with E-state index in [1.807, 2.05) is 0 Å². The Bertz CT molecular complexity index is 475. The molecule has 0 amide bonds. The average molecular weight is 255 g/mol. The molecule has 0 aromatic heterocycles. The van der Waals surface area contributed by atoms with Crippen LogP contribution in [0.1, 0.15) is 88.0 Å². The SMILES string of the molecule is CCCCC1=Cc2c(cc(C(C)C)cc2C(C)C)[CH]1. The molecule has 1 radical (unpaired) electrons. The van der Waals surface area contributed by atoms with Crippen LogP contribution in [0.2, 0.25) is 0 Å². The fourth-order valence-electron chi connectivity index (χ4n) is 2.77. The molecule has 0 atom stereocenters. The van der Waals surface area contributed by atoms with E-state index in [4.69, 9.17) is 0 Å². The monoisotopic (exact) mass is 255 g/mol. The van der Waals surface area contributed by atoms with Gasteiger partial charge in [0.25, 0.3) is 0 Å². The summed E-state index contributed by atoms with van der Waals surface area (Å²) >= 11 is 0. The van der Waals surface area contributed by atoms with Crippen LogP contribution in [-0.2, 0) is 0 Å². The van der Waals surface area contributed by atoms with Crippen molar-refractivity contribution in [3.8, 4) is 0 Å². The van der Waals surface area contributed by atoms with Crippen LogP contribution in [0.4, 0.5) is 0 Å². The lowest BCUT2D eigenvalue weighted by Gasteiger charge is -2.16. The van der Waals surface area contributed by atoms with Gasteiger partial charge in [0.05, 0.1) is 0 Å². The summed E-state index contributed by atoms with van der Waals surface area (Å²) in [4.78, 5) is 0. The lowest BCUT2D eigenvalue weighted by Crippen LogP contribution is -1.98. The maximum Gasteiger partial charge on any atom is 0.0164 e. The van der Waals surface area contributed by atoms with E-state index in [9.17, 15) is 0 Å². The van der Waals surface area contributed by atoms with Gasteiger partial charge >= 0.3 is 0 Å². The Morgan fingerprint density at radius 3 is 2.32 bits per heavy atom. The normalized spacial score (nSPS) is 14.2. The molecule has 0 saturated heterocycles. The maximum absolute atomic E-state index is 2.42. The number of hydrogen-bond acceptors (Lipinski definition) is 0. The molecule has 2 rings (SSSR count). The fraction of sp³-hybridized carbons (Fsp3) is 0.526. The quantitative estimate of drug-likeness (QED) is 0.598. The molecule has 1 aromatic rings. The second-order valence-corrected chi connectivity index (χ2v) is 6.39. The van der Waals surface area contributed by atoms with Crippen LogP contribution in [0.3, 0.4) is 0 Å². The van der Waals surface area contributed by atoms with Gasteiger partial charge in [0.2, 0.25) is 0 Å². The van der Waals surface area contributed by atoms with E-state index < -0.39 is 0 Å². The second-order valence-electron chi connectivity index (χ2n) is 6.39. The van der Waals surface area contributed by atoms with E-state index in [1.54, 1.807) is 0 Å². The highest BCUT2D eigenvalue weighted by Gasteiger charge is 2.19. The van der Waals surface area contributed by atoms with Crippen LogP contribution in [-0.4, -0.2) is 0 Å². The van der Waals surface area contributed by atoms with E-state index in [-0.39, 0.29) is 0 Å². The molecule has 0 unspecified atom stereocenters. The van der Waals surface area contributed by atoms with Gasteiger partial charge in [0.15, 0.2) is 0 Å². The molecule has 0 nitrogen and oxygen atoms in total. The lowest BCUT2D eigenvalue weighted by atomic mass is 9.89. The predicted molar refractivity (Wildman–Crippen MR) is 85.5 cm³/mol. The van der Waals surface area contributed by atoms with Crippen molar-refractivity contribution in [3.63, 3.8) is 0 Å². The Morgan fingerprint density at radius 2 is 1.74 bits per heavy atom. The number of fused-ring (bicyclic) bond motifs is 1. The molecule has 0 heteroatoms. The summed E-state index contributed by atoms with van der Waals surface area (Å²) < 4.78 is 0. The van der Waals surface area contributed by atoms with Crippen LogP contribution in [0.25, 0.3) is 6.08 Å². The maximum atomic E-state index is 2.42. The Balaban J connectivity index is 2.36. The third-order valence-electron chi connectivity index (χ3n) is 4.04. The minimum absolute atomic E-state index is 0.600. The van der Waals surface area contributed by atoms with Crippen molar-refractivity contribution in [2.75, 3.05) is 0 Å². The van der Waals surface area contributed by atoms with Crippen LogP contribution in [0, 0.1) is 6.42 Å². The van der Waals surface area contributed by atoms with Gasteiger partial charge in [-0.3, -0.25) is 0 Å². The van der Waals surface area contributed by atoms with Gasteiger partial charge in [-0.1, -0.05) is 64.8 Å². The third-order valence-corrected chi connectivity index (χ3v) is 4.04. The molecule has 1 aliphatic carbocycles. The summed E-state index contributed by atoms with van der Waals surface area (Å²) in [5.41, 5.74) is 7.43. The smallest absolute Gasteiger partial charge is 0.0164 e. The topological polar surface area (TPSA) is 0 Å². The first-order chi connectivity index (χ1) is 9.02. The second kappa shape index (κ2) is 5.94. The van der Waals surface area contributed by atoms with Crippen molar-refractivity contribution in [1.82, 2.24) is 0 Å². The molecule has 0 spiro atoms. The van der Waals surface area contributed by atoms with Crippen LogP contribution in [0.15, 0.2) is 17.7 Å². The number of benzene rings is 1. The summed E-state index contributed by atoms with van der Waals surface area (Å²) in [6.07, 6.45) is 8.62. The predicted octanol–water partition coefficient (Wildman–Crippen LogP) is 6.07. The lowest BCUT2D eigenvalue weighted by molar-refractivity contribution is 0.797. The van der Waals surface area contributed by atoms with E-state index in [2.05, 4.69) is 59.2 Å². The van der Waals surface area contributed by atoms with Crippen molar-refractivity contribution in [3.05, 3.63) is 46.4 Å². The summed E-state index contributed by atoms with van der Waals surface area (Å²) in [6.45, 7) is 11.4. The summed E-state index contributed by atoms with van der Waals surface area (Å²) in [5.74, 6) is 1.21. The van der Waals surface area contributed by atoms with Gasteiger partial charge < -0.3 is 0 Å². The first-order valence-electron chi connectivity index (χ1n) is 7.76. The van der Waals surface area contributed by atoms with Gasteiger partial charge in [0.1, 0.15) is 0 Å². The Labute approximate surface area is 118 Å². The van der Waals surface area contributed by atoms with Crippen molar-refractivity contribution in [2.45, 2.75) is 65.7 Å². The van der Waals surface area contributed by atoms with Crippen LogP contribution < -0.4 is 0 Å². The highest BCUT2D eigenvalue weighted by molar-refractivity contribution is 5.73. The number of allylic oxidation sites excluding steroid dienone is 1. The van der Waals surface area contributed by atoms with Crippen molar-refractivity contribution in [1.29, 1.82) is 0 Å². The minimum atomic E-state index is 0.600. The molecule has 103 valence electrons. The molecule has 1 aromatic carbocycles. The first kappa shape index (κ1) is 14.4. The van der Waals surface area contributed by atoms with Gasteiger partial charge in [-0.05, 0) is 46.9 Å². The zero-order valence-electron chi connectivity index (χ0n) is 13.1. The average Bonchev–Trinajstić information content (AvgIpc) is 2.77. The third kappa shape index (κ3) is 3.11. The number of hydrogen-bond donors (Lipinski definition) is 0. The van der Waals surface area contributed by atoms with Crippen LogP contribution in [0.5, 0.6) is 0 Å². The number of unbranched alkanes of at least 4 members (excludes halogenated alkanes) is 1. The minimum Gasteiger partial charge on any atom is -0.0654 e. The van der Waals surface area contributed by atoms with Gasteiger partial charge in [-0.2, -0.15) is 0 Å². The molecule has 0 N–H and O–H groups in total. The molecular weight excluding hydrogens is 228 g/mol. The van der Waals surface area contributed by atoms with E-state index >= 15 is 0 Å². The van der Waals surface area contributed by atoms with Crippen molar-refractivity contribution in [2.24, 2.45) is 0 Å². The summed E-state index contributed by atoms with van der Waals surface area (Å²) in [7, 11) is 0. The van der Waals surface area contributed by atoms with Gasteiger partial charge in [-0.15, -0.1) is 0 Å². The van der Waals surface area contributed by atoms with Crippen molar-refractivity contribution < 1.29 is 0 Å². The summed E-state index contributed by atoms with van der Waals surface area (Å²) in [5, 5.41) is 0. The molecule has 0 saturated carbocycles. The first-order valence-corrected chi connectivity index (χ1v) is 7.76. The Kier molecular flexibility index (Phi) is 4.50.